The summed E-state index contributed by atoms with van der Waals surface area (Å²) in [6, 6.07) is 19.9. The van der Waals surface area contributed by atoms with Gasteiger partial charge in [-0.25, -0.2) is 0 Å². The molecule has 0 saturated heterocycles. The topological polar surface area (TPSA) is 32.3 Å². The van der Waals surface area contributed by atoms with E-state index in [1.54, 1.807) is 0 Å². The quantitative estimate of drug-likeness (QED) is 0.113. The minimum atomic E-state index is -9.19. The molecule has 45 heavy (non-hydrogen) atoms. The van der Waals surface area contributed by atoms with Gasteiger partial charge in [0.25, 0.3) is 0 Å². The van der Waals surface area contributed by atoms with Crippen molar-refractivity contribution in [3.63, 3.8) is 0 Å². The maximum absolute atomic E-state index is 9.91. The molecule has 246 valence electrons. The molecule has 0 saturated carbocycles. The first kappa shape index (κ1) is 36.5. The summed E-state index contributed by atoms with van der Waals surface area (Å²) >= 11 is -9.19. The Morgan fingerprint density at radius 3 is 2.16 bits per heavy atom. The van der Waals surface area contributed by atoms with Crippen molar-refractivity contribution in [2.75, 3.05) is 23.7 Å². The van der Waals surface area contributed by atoms with Gasteiger partial charge in [0.1, 0.15) is 6.54 Å². The van der Waals surface area contributed by atoms with Gasteiger partial charge in [-0.1, -0.05) is 70.9 Å². The fourth-order valence-corrected chi connectivity index (χ4v) is 6.57. The molecule has 0 spiro atoms. The van der Waals surface area contributed by atoms with E-state index in [4.69, 9.17) is 5.73 Å². The average molecular weight is 743 g/mol. The molecular weight excluding hydrogens is 698 g/mol. The van der Waals surface area contributed by atoms with E-state index >= 15 is 0 Å². The van der Waals surface area contributed by atoms with Crippen LogP contribution in [0.25, 0.3) is 10.8 Å². The molecule has 3 aromatic carbocycles. The Labute approximate surface area is 267 Å². The molecule has 0 atom stereocenters. The van der Waals surface area contributed by atoms with Crippen molar-refractivity contribution >= 4 is 53.8 Å². The van der Waals surface area contributed by atoms with E-state index in [1.807, 2.05) is 6.07 Å². The van der Waals surface area contributed by atoms with Crippen molar-refractivity contribution in [3.05, 3.63) is 89.6 Å². The summed E-state index contributed by atoms with van der Waals surface area (Å²) in [6.07, 6.45) is 11.7. The number of nitrogen functional groups attached to an aromatic ring is 1. The van der Waals surface area contributed by atoms with Gasteiger partial charge in [0, 0.05) is 53.2 Å². The van der Waals surface area contributed by atoms with Crippen LogP contribution in [0.5, 0.6) is 0 Å². The number of halogens is 6. The van der Waals surface area contributed by atoms with Crippen molar-refractivity contribution in [1.29, 1.82) is 0 Å². The normalized spacial score (nSPS) is 18.3. The Kier molecular flexibility index (Phi) is 10.9. The third-order valence-corrected chi connectivity index (χ3v) is 8.65. The number of rotatable bonds is 8. The van der Waals surface area contributed by atoms with Crippen LogP contribution in [0.2, 0.25) is 0 Å². The molecule has 2 heterocycles. The third-order valence-electron chi connectivity index (χ3n) is 8.65. The molecule has 0 aliphatic carbocycles. The Balaban J connectivity index is 0.000000720. The molecule has 0 fully saturated rings. The maximum atomic E-state index is 9.91. The summed E-state index contributed by atoms with van der Waals surface area (Å²) < 4.78 is 52.1. The molecule has 3 aromatic rings. The van der Waals surface area contributed by atoms with Crippen molar-refractivity contribution in [1.82, 2.24) is 0 Å². The number of nitrogens with zero attached hydrogens (tertiary/aromatic N) is 2. The van der Waals surface area contributed by atoms with Crippen LogP contribution in [0.4, 0.5) is 31.1 Å². The second-order valence-electron chi connectivity index (χ2n) is 12.7. The average Bonchev–Trinajstić information content (AvgIpc) is 3.27. The fraction of sp³-hybridized carbons (Fsp3) is 0.400. The van der Waals surface area contributed by atoms with Gasteiger partial charge in [-0.15, -0.1) is 0 Å². The number of allylic oxidation sites excluding steroid dienone is 4. The summed E-state index contributed by atoms with van der Waals surface area (Å²) in [7, 11) is 0. The van der Waals surface area contributed by atoms with Gasteiger partial charge in [-0.05, 0) is 66.9 Å². The number of anilines is 2. The van der Waals surface area contributed by atoms with Crippen LogP contribution in [-0.2, 0) is 10.8 Å². The van der Waals surface area contributed by atoms with Gasteiger partial charge in [0.2, 0.25) is 5.69 Å². The van der Waals surface area contributed by atoms with Crippen LogP contribution in [0.1, 0.15) is 78.4 Å². The first-order chi connectivity index (χ1) is 20.4. The molecule has 5 rings (SSSR count). The number of benzene rings is 3. The number of hydrogen-bond acceptors (Lipinski definition) is 2. The van der Waals surface area contributed by atoms with Crippen molar-refractivity contribution in [2.24, 2.45) is 0 Å². The van der Waals surface area contributed by atoms with Crippen LogP contribution in [0, 0.1) is 0 Å². The van der Waals surface area contributed by atoms with Crippen LogP contribution in [0.3, 0.4) is 0 Å². The van der Waals surface area contributed by atoms with E-state index in [-0.39, 0.29) is 15.5 Å². The summed E-state index contributed by atoms with van der Waals surface area (Å²) in [5.41, 5.74) is 15.1. The fourth-order valence-electron chi connectivity index (χ4n) is 6.57. The SMILES string of the molecule is CCCCN1C(=CC=CC2=[N+](CCCC)c3ccc4ccccc4c3C2(C)C)C(C)(C)c2cc(N)ccc21.[F-].[F][Sb]([F])([F])([F])[F]. The van der Waals surface area contributed by atoms with Gasteiger partial charge in [-0.3, -0.25) is 0 Å². The third kappa shape index (κ3) is 8.08. The molecule has 3 nitrogen and oxygen atoms in total. The summed E-state index contributed by atoms with van der Waals surface area (Å²) in [4.78, 5) is 2.52. The van der Waals surface area contributed by atoms with Gasteiger partial charge in [-0.2, -0.15) is 4.58 Å². The number of unbranched alkanes of at least 4 members (excludes halogenated alkanes) is 2. The zero-order valence-electron chi connectivity index (χ0n) is 26.9. The van der Waals surface area contributed by atoms with Crippen molar-refractivity contribution < 1.29 is 23.3 Å². The standard InChI is InChI=1S/C35H44N3.6FH.Sb/c1-7-9-22-37-29-21-19-26(36)24-28(29)34(3,4)31(37)16-13-17-32-35(5,6)33-27-15-12-11-14-25(27)18-20-30(33)38(32)23-10-8-2;;;;;;;/h11-21,24H,7-10,22-23,36H2,1-6H3;6*1H;/q+1;;;;;;;+5/p-6. The molecular formula is C35H44F6N3Sb. The van der Waals surface area contributed by atoms with E-state index in [0.29, 0.717) is 0 Å². The first-order valence-electron chi connectivity index (χ1n) is 15.3. The van der Waals surface area contributed by atoms with E-state index in [0.717, 1.165) is 18.8 Å². The zero-order chi connectivity index (χ0) is 32.5. The number of hydrogen-bond donors (Lipinski definition) is 1. The van der Waals surface area contributed by atoms with Crippen molar-refractivity contribution in [2.45, 2.75) is 78.1 Å². The monoisotopic (exact) mass is 741 g/mol. The molecule has 2 N–H and O–H groups in total. The predicted octanol–water partition coefficient (Wildman–Crippen LogP) is 7.36. The molecule has 0 amide bonds. The summed E-state index contributed by atoms with van der Waals surface area (Å²) in [5.74, 6) is 0. The van der Waals surface area contributed by atoms with Gasteiger partial charge >= 0.3 is 34.4 Å². The molecule has 2 aliphatic heterocycles. The second kappa shape index (κ2) is 13.4. The minimum absolute atomic E-state index is 0. The second-order valence-corrected chi connectivity index (χ2v) is 16.3. The van der Waals surface area contributed by atoms with Crippen LogP contribution in [0.15, 0.2) is 78.5 Å². The summed E-state index contributed by atoms with van der Waals surface area (Å²) in [5, 5.41) is 2.69. The molecule has 2 aliphatic rings. The molecule has 0 unspecified atom stereocenters. The van der Waals surface area contributed by atoms with Crippen LogP contribution < -0.4 is 15.3 Å². The Morgan fingerprint density at radius 2 is 1.51 bits per heavy atom. The predicted molar refractivity (Wildman–Crippen MR) is 176 cm³/mol. The molecule has 0 radical (unpaired) electrons. The van der Waals surface area contributed by atoms with Gasteiger partial charge in [0.15, 0.2) is 5.71 Å². The first-order valence-corrected chi connectivity index (χ1v) is 20.1. The summed E-state index contributed by atoms with van der Waals surface area (Å²) in [6.45, 7) is 16.1. The Hall–Kier alpha value is -2.93. The van der Waals surface area contributed by atoms with E-state index in [2.05, 4.69) is 118 Å². The number of nitrogens with two attached hydrogens (primary N) is 1. The van der Waals surface area contributed by atoms with Gasteiger partial charge in [0.05, 0.1) is 5.41 Å². The molecule has 10 heteroatoms. The van der Waals surface area contributed by atoms with E-state index in [1.165, 1.54) is 70.4 Å². The van der Waals surface area contributed by atoms with E-state index in [9.17, 15) is 14.1 Å². The van der Waals surface area contributed by atoms with E-state index < -0.39 is 20.3 Å². The van der Waals surface area contributed by atoms with Crippen molar-refractivity contribution in [3.8, 4) is 0 Å². The number of fused-ring (bicyclic) bond motifs is 4. The van der Waals surface area contributed by atoms with Crippen LogP contribution >= 0.6 is 0 Å². The van der Waals surface area contributed by atoms with Gasteiger partial charge < -0.3 is 15.3 Å². The molecule has 0 bridgehead atoms. The zero-order valence-corrected chi connectivity index (χ0v) is 29.4. The molecule has 0 aromatic heterocycles. The van der Waals surface area contributed by atoms with Crippen LogP contribution in [-0.4, -0.2) is 43.7 Å². The Bertz CT molecular complexity index is 1620. The Morgan fingerprint density at radius 1 is 0.867 bits per heavy atom.